The Hall–Kier alpha value is -1.26. The minimum absolute atomic E-state index is 0.407. The van der Waals surface area contributed by atoms with Gasteiger partial charge in [0.1, 0.15) is 10.9 Å². The van der Waals surface area contributed by atoms with Crippen LogP contribution >= 0.6 is 11.8 Å². The smallest absolute Gasteiger partial charge is 0.123 e. The molecule has 4 heteroatoms. The number of benzene rings is 1. The van der Waals surface area contributed by atoms with E-state index >= 15 is 0 Å². The third-order valence-corrected chi connectivity index (χ3v) is 4.16. The second-order valence-electron chi connectivity index (χ2n) is 4.74. The Kier molecular flexibility index (Phi) is 4.66. The van der Waals surface area contributed by atoms with E-state index in [0.717, 1.165) is 18.1 Å². The van der Waals surface area contributed by atoms with Crippen LogP contribution in [0, 0.1) is 0 Å². The average molecular weight is 275 g/mol. The maximum absolute atomic E-state index is 5.81. The van der Waals surface area contributed by atoms with Crippen molar-refractivity contribution in [2.45, 2.75) is 49.7 Å². The second kappa shape index (κ2) is 6.26. The molecule has 0 aliphatic rings. The molecule has 19 heavy (non-hydrogen) atoms. The maximum Gasteiger partial charge on any atom is 0.123 e. The third-order valence-electron chi connectivity index (χ3n) is 3.03. The van der Waals surface area contributed by atoms with Crippen molar-refractivity contribution < 1.29 is 0 Å². The van der Waals surface area contributed by atoms with Gasteiger partial charge in [0, 0.05) is 11.4 Å². The lowest BCUT2D eigenvalue weighted by atomic mass is 10.1. The first-order valence-electron chi connectivity index (χ1n) is 6.69. The van der Waals surface area contributed by atoms with E-state index in [2.05, 4.69) is 49.6 Å². The van der Waals surface area contributed by atoms with Gasteiger partial charge in [-0.1, -0.05) is 43.8 Å². The van der Waals surface area contributed by atoms with Crippen LogP contribution in [0.25, 0.3) is 0 Å². The molecule has 0 amide bonds. The predicted molar refractivity (Wildman–Crippen MR) is 80.4 cm³/mol. The number of rotatable bonds is 5. The van der Waals surface area contributed by atoms with Crippen LogP contribution in [-0.2, 0) is 13.1 Å². The molecule has 0 unspecified atom stereocenters. The number of nitrogens with two attached hydrogens (primary N) is 1. The van der Waals surface area contributed by atoms with Gasteiger partial charge < -0.3 is 10.3 Å². The lowest BCUT2D eigenvalue weighted by Crippen LogP contribution is -2.07. The molecule has 0 radical (unpaired) electrons. The van der Waals surface area contributed by atoms with Crippen molar-refractivity contribution in [1.29, 1.82) is 0 Å². The van der Waals surface area contributed by atoms with Crippen LogP contribution < -0.4 is 5.73 Å². The topological polar surface area (TPSA) is 43.8 Å². The van der Waals surface area contributed by atoms with Crippen molar-refractivity contribution in [1.82, 2.24) is 9.55 Å². The molecule has 0 saturated heterocycles. The van der Waals surface area contributed by atoms with Crippen molar-refractivity contribution in [3.63, 3.8) is 0 Å². The van der Waals surface area contributed by atoms with Crippen molar-refractivity contribution in [3.05, 3.63) is 41.9 Å². The quantitative estimate of drug-likeness (QED) is 0.906. The molecule has 0 bridgehead atoms. The highest BCUT2D eigenvalue weighted by molar-refractivity contribution is 7.99. The summed E-state index contributed by atoms with van der Waals surface area (Å²) in [5.74, 6) is 1.38. The Morgan fingerprint density at radius 3 is 2.47 bits per heavy atom. The molecule has 1 aromatic heterocycles. The fourth-order valence-electron chi connectivity index (χ4n) is 2.07. The van der Waals surface area contributed by atoms with Crippen molar-refractivity contribution in [3.8, 4) is 0 Å². The fraction of sp³-hybridized carbons (Fsp3) is 0.400. The van der Waals surface area contributed by atoms with Crippen LogP contribution in [0.15, 0.2) is 40.3 Å². The van der Waals surface area contributed by atoms with Gasteiger partial charge in [-0.05, 0) is 25.0 Å². The first-order chi connectivity index (χ1) is 9.17. The Morgan fingerprint density at radius 1 is 1.26 bits per heavy atom. The van der Waals surface area contributed by atoms with Gasteiger partial charge in [-0.15, -0.1) is 0 Å². The normalized spacial score (nSPS) is 11.2. The van der Waals surface area contributed by atoms with E-state index < -0.39 is 0 Å². The molecule has 0 fully saturated rings. The van der Waals surface area contributed by atoms with Crippen LogP contribution in [0.4, 0.5) is 0 Å². The highest BCUT2D eigenvalue weighted by Gasteiger charge is 2.18. The summed E-state index contributed by atoms with van der Waals surface area (Å²) in [6.45, 7) is 7.89. The molecule has 0 saturated carbocycles. The number of nitrogens with zero attached hydrogens (tertiary/aromatic N) is 2. The highest BCUT2D eigenvalue weighted by atomic mass is 32.2. The molecule has 2 aromatic rings. The number of aromatic nitrogens is 2. The summed E-state index contributed by atoms with van der Waals surface area (Å²) in [4.78, 5) is 5.95. The van der Waals surface area contributed by atoms with E-state index in [0.29, 0.717) is 12.5 Å². The minimum Gasteiger partial charge on any atom is -0.324 e. The Balaban J connectivity index is 2.44. The summed E-state index contributed by atoms with van der Waals surface area (Å²) < 4.78 is 2.23. The van der Waals surface area contributed by atoms with Crippen molar-refractivity contribution in [2.24, 2.45) is 5.73 Å². The third kappa shape index (κ3) is 3.01. The first-order valence-corrected chi connectivity index (χ1v) is 7.51. The molecule has 0 aliphatic carbocycles. The van der Waals surface area contributed by atoms with Crippen LogP contribution in [0.2, 0.25) is 0 Å². The average Bonchev–Trinajstić information content (AvgIpc) is 2.77. The monoisotopic (exact) mass is 275 g/mol. The van der Waals surface area contributed by atoms with Gasteiger partial charge in [0.15, 0.2) is 0 Å². The Morgan fingerprint density at radius 2 is 1.95 bits per heavy atom. The number of imidazole rings is 1. The fourth-order valence-corrected chi connectivity index (χ4v) is 3.32. The SMILES string of the molecule is CCn1c(CN)nc(C(C)C)c1Sc1ccccc1. The van der Waals surface area contributed by atoms with E-state index in [-0.39, 0.29) is 0 Å². The molecule has 0 atom stereocenters. The molecule has 0 spiro atoms. The molecular formula is C15H21N3S. The van der Waals surface area contributed by atoms with Crippen LogP contribution in [0.5, 0.6) is 0 Å². The first kappa shape index (κ1) is 14.2. The lowest BCUT2D eigenvalue weighted by Gasteiger charge is -2.10. The zero-order valence-electron chi connectivity index (χ0n) is 11.8. The molecule has 2 rings (SSSR count). The van der Waals surface area contributed by atoms with Crippen molar-refractivity contribution >= 4 is 11.8 Å². The van der Waals surface area contributed by atoms with Crippen molar-refractivity contribution in [2.75, 3.05) is 0 Å². The second-order valence-corrected chi connectivity index (χ2v) is 5.80. The summed E-state index contributed by atoms with van der Waals surface area (Å²) in [6, 6.07) is 10.4. The summed E-state index contributed by atoms with van der Waals surface area (Å²) in [6.07, 6.45) is 0. The molecule has 0 aliphatic heterocycles. The molecule has 1 aromatic carbocycles. The molecule has 3 nitrogen and oxygen atoms in total. The van der Waals surface area contributed by atoms with Gasteiger partial charge in [0.05, 0.1) is 12.2 Å². The van der Waals surface area contributed by atoms with E-state index in [1.807, 2.05) is 6.07 Å². The van der Waals surface area contributed by atoms with Gasteiger partial charge in [0.25, 0.3) is 0 Å². The highest BCUT2D eigenvalue weighted by Crippen LogP contribution is 2.34. The molecule has 102 valence electrons. The summed E-state index contributed by atoms with van der Waals surface area (Å²) in [5.41, 5.74) is 6.96. The zero-order chi connectivity index (χ0) is 13.8. The van der Waals surface area contributed by atoms with Crippen LogP contribution in [-0.4, -0.2) is 9.55 Å². The summed E-state index contributed by atoms with van der Waals surface area (Å²) >= 11 is 1.77. The maximum atomic E-state index is 5.81. The van der Waals surface area contributed by atoms with E-state index in [4.69, 9.17) is 10.7 Å². The minimum atomic E-state index is 0.407. The standard InChI is InChI=1S/C15H21N3S/c1-4-18-13(10-16)17-14(11(2)3)15(18)19-12-8-6-5-7-9-12/h5-9,11H,4,10,16H2,1-3H3. The van der Waals surface area contributed by atoms with Gasteiger partial charge in [-0.2, -0.15) is 0 Å². The number of hydrogen-bond acceptors (Lipinski definition) is 3. The number of hydrogen-bond donors (Lipinski definition) is 1. The molecular weight excluding hydrogens is 254 g/mol. The van der Waals surface area contributed by atoms with E-state index in [9.17, 15) is 0 Å². The molecule has 2 N–H and O–H groups in total. The summed E-state index contributed by atoms with van der Waals surface area (Å²) in [7, 11) is 0. The predicted octanol–water partition coefficient (Wildman–Crippen LogP) is 3.64. The van der Waals surface area contributed by atoms with Gasteiger partial charge in [-0.3, -0.25) is 0 Å². The Labute approximate surface area is 119 Å². The van der Waals surface area contributed by atoms with E-state index in [1.54, 1.807) is 11.8 Å². The summed E-state index contributed by atoms with van der Waals surface area (Å²) in [5, 5.41) is 1.23. The van der Waals surface area contributed by atoms with Gasteiger partial charge in [0.2, 0.25) is 0 Å². The van der Waals surface area contributed by atoms with Gasteiger partial charge in [-0.25, -0.2) is 4.98 Å². The zero-order valence-corrected chi connectivity index (χ0v) is 12.6. The lowest BCUT2D eigenvalue weighted by molar-refractivity contribution is 0.645. The largest absolute Gasteiger partial charge is 0.324 e. The van der Waals surface area contributed by atoms with E-state index in [1.165, 1.54) is 9.92 Å². The Bertz CT molecular complexity index is 532. The van der Waals surface area contributed by atoms with Crippen LogP contribution in [0.1, 0.15) is 38.2 Å². The molecule has 1 heterocycles. The van der Waals surface area contributed by atoms with Crippen LogP contribution in [0.3, 0.4) is 0 Å². The van der Waals surface area contributed by atoms with Gasteiger partial charge >= 0.3 is 0 Å².